The Morgan fingerprint density at radius 2 is 1.85 bits per heavy atom. The van der Waals surface area contributed by atoms with Gasteiger partial charge in [0.1, 0.15) is 17.8 Å². The number of hydrogen-bond donors (Lipinski definition) is 0. The fourth-order valence-corrected chi connectivity index (χ4v) is 4.19. The summed E-state index contributed by atoms with van der Waals surface area (Å²) in [7, 11) is 0. The van der Waals surface area contributed by atoms with Crippen LogP contribution < -0.4 is 4.74 Å². The SMILES string of the molecule is Cc1ccccc1Oc1nccnc1[C@@H]1CCCN(C(=O)c2ccnc(-c3cncnc3)c2)C1. The van der Waals surface area contributed by atoms with Crippen molar-refractivity contribution in [1.29, 1.82) is 0 Å². The van der Waals surface area contributed by atoms with Crippen LogP contribution in [0.25, 0.3) is 11.3 Å². The lowest BCUT2D eigenvalue weighted by Crippen LogP contribution is -2.39. The largest absolute Gasteiger partial charge is 0.437 e. The molecular formula is C26H24N6O2. The summed E-state index contributed by atoms with van der Waals surface area (Å²) in [6.45, 7) is 3.24. The van der Waals surface area contributed by atoms with E-state index >= 15 is 0 Å². The zero-order valence-electron chi connectivity index (χ0n) is 18.8. The lowest BCUT2D eigenvalue weighted by atomic mass is 9.94. The van der Waals surface area contributed by atoms with Gasteiger partial charge in [0.05, 0.1) is 5.69 Å². The van der Waals surface area contributed by atoms with Crippen molar-refractivity contribution in [3.8, 4) is 22.9 Å². The minimum absolute atomic E-state index is 0.0320. The van der Waals surface area contributed by atoms with E-state index in [1.54, 1.807) is 43.1 Å². The van der Waals surface area contributed by atoms with Crippen molar-refractivity contribution in [2.24, 2.45) is 0 Å². The molecule has 0 bridgehead atoms. The Hall–Kier alpha value is -4.20. The van der Waals surface area contributed by atoms with Crippen LogP contribution in [0.2, 0.25) is 0 Å². The van der Waals surface area contributed by atoms with Crippen molar-refractivity contribution >= 4 is 5.91 Å². The van der Waals surface area contributed by atoms with Gasteiger partial charge in [0, 0.05) is 61.1 Å². The standard InChI is InChI=1S/C26H24N6O2/c1-18-5-2-3-7-23(18)34-25-24(30-10-11-31-25)20-6-4-12-32(16-20)26(33)19-8-9-29-22(13-19)21-14-27-17-28-15-21/h2-3,5,7-11,13-15,17,20H,4,6,12,16H2,1H3/t20-/m1/s1. The molecule has 1 aliphatic heterocycles. The van der Waals surface area contributed by atoms with E-state index in [4.69, 9.17) is 4.74 Å². The van der Waals surface area contributed by atoms with Crippen LogP contribution in [0.3, 0.4) is 0 Å². The Labute approximate surface area is 197 Å². The summed E-state index contributed by atoms with van der Waals surface area (Å²) >= 11 is 0. The number of piperidine rings is 1. The van der Waals surface area contributed by atoms with Gasteiger partial charge in [-0.05, 0) is 43.5 Å². The van der Waals surface area contributed by atoms with Gasteiger partial charge < -0.3 is 9.64 Å². The first kappa shape index (κ1) is 21.6. The van der Waals surface area contributed by atoms with Gasteiger partial charge in [0.2, 0.25) is 5.88 Å². The summed E-state index contributed by atoms with van der Waals surface area (Å²) < 4.78 is 6.14. The first-order chi connectivity index (χ1) is 16.7. The van der Waals surface area contributed by atoms with Crippen LogP contribution in [-0.4, -0.2) is 48.8 Å². The van der Waals surface area contributed by atoms with Gasteiger partial charge in [-0.3, -0.25) is 14.8 Å². The topological polar surface area (TPSA) is 94.0 Å². The third-order valence-corrected chi connectivity index (χ3v) is 5.95. The molecule has 0 saturated carbocycles. The maximum absolute atomic E-state index is 13.4. The molecule has 8 nitrogen and oxygen atoms in total. The van der Waals surface area contributed by atoms with Crippen molar-refractivity contribution in [3.05, 3.63) is 90.5 Å². The predicted octanol–water partition coefficient (Wildman–Crippen LogP) is 4.45. The molecule has 1 aliphatic rings. The molecule has 3 aromatic heterocycles. The van der Waals surface area contributed by atoms with Crippen LogP contribution in [-0.2, 0) is 0 Å². The van der Waals surface area contributed by atoms with E-state index in [-0.39, 0.29) is 11.8 Å². The third-order valence-electron chi connectivity index (χ3n) is 5.95. The molecular weight excluding hydrogens is 428 g/mol. The van der Waals surface area contributed by atoms with Gasteiger partial charge in [-0.2, -0.15) is 0 Å². The van der Waals surface area contributed by atoms with Crippen molar-refractivity contribution in [2.75, 3.05) is 13.1 Å². The highest BCUT2D eigenvalue weighted by molar-refractivity contribution is 5.95. The number of hydrogen-bond acceptors (Lipinski definition) is 7. The Morgan fingerprint density at radius 1 is 1.03 bits per heavy atom. The summed E-state index contributed by atoms with van der Waals surface area (Å²) in [6.07, 6.45) is 11.6. The van der Waals surface area contributed by atoms with Gasteiger partial charge in [0.15, 0.2) is 0 Å². The van der Waals surface area contributed by atoms with Gasteiger partial charge in [-0.1, -0.05) is 18.2 Å². The van der Waals surface area contributed by atoms with Gasteiger partial charge in [-0.15, -0.1) is 0 Å². The van der Waals surface area contributed by atoms with E-state index < -0.39 is 0 Å². The average molecular weight is 453 g/mol. The van der Waals surface area contributed by atoms with Gasteiger partial charge in [-0.25, -0.2) is 15.0 Å². The summed E-state index contributed by atoms with van der Waals surface area (Å²) in [4.78, 5) is 36.8. The molecule has 5 rings (SSSR count). The van der Waals surface area contributed by atoms with Gasteiger partial charge in [0.25, 0.3) is 5.91 Å². The summed E-state index contributed by atoms with van der Waals surface area (Å²) in [6, 6.07) is 11.4. The molecule has 0 aliphatic carbocycles. The highest BCUT2D eigenvalue weighted by atomic mass is 16.5. The van der Waals surface area contributed by atoms with E-state index in [9.17, 15) is 4.79 Å². The van der Waals surface area contributed by atoms with E-state index in [0.717, 1.165) is 35.4 Å². The number of carbonyl (C=O) groups excluding carboxylic acids is 1. The molecule has 1 fully saturated rings. The van der Waals surface area contributed by atoms with Crippen LogP contribution >= 0.6 is 0 Å². The molecule has 0 unspecified atom stereocenters. The molecule has 170 valence electrons. The normalized spacial score (nSPS) is 15.7. The highest BCUT2D eigenvalue weighted by Crippen LogP contribution is 2.34. The maximum Gasteiger partial charge on any atom is 0.254 e. The summed E-state index contributed by atoms with van der Waals surface area (Å²) in [5, 5.41) is 0. The first-order valence-electron chi connectivity index (χ1n) is 11.2. The number of aromatic nitrogens is 5. The Balaban J connectivity index is 1.36. The molecule has 0 N–H and O–H groups in total. The van der Waals surface area contributed by atoms with Crippen LogP contribution in [0.15, 0.2) is 73.7 Å². The molecule has 34 heavy (non-hydrogen) atoms. The number of nitrogens with zero attached hydrogens (tertiary/aromatic N) is 6. The van der Waals surface area contributed by atoms with Crippen LogP contribution in [0.5, 0.6) is 11.6 Å². The Morgan fingerprint density at radius 3 is 2.71 bits per heavy atom. The monoisotopic (exact) mass is 452 g/mol. The van der Waals surface area contributed by atoms with E-state index in [0.29, 0.717) is 30.2 Å². The minimum Gasteiger partial charge on any atom is -0.437 e. The quantitative estimate of drug-likeness (QED) is 0.442. The molecule has 1 amide bonds. The van der Waals surface area contributed by atoms with Crippen molar-refractivity contribution < 1.29 is 9.53 Å². The van der Waals surface area contributed by atoms with Gasteiger partial charge >= 0.3 is 0 Å². The fraction of sp³-hybridized carbons (Fsp3) is 0.231. The minimum atomic E-state index is -0.0320. The smallest absolute Gasteiger partial charge is 0.254 e. The number of aryl methyl sites for hydroxylation is 1. The first-order valence-corrected chi connectivity index (χ1v) is 11.2. The molecule has 1 aromatic carbocycles. The second kappa shape index (κ2) is 9.74. The lowest BCUT2D eigenvalue weighted by molar-refractivity contribution is 0.0704. The number of likely N-dealkylation sites (tertiary alicyclic amines) is 1. The molecule has 1 atom stereocenters. The van der Waals surface area contributed by atoms with Crippen molar-refractivity contribution in [2.45, 2.75) is 25.7 Å². The van der Waals surface area contributed by atoms with Crippen LogP contribution in [0.1, 0.15) is 40.4 Å². The number of amides is 1. The summed E-state index contributed by atoms with van der Waals surface area (Å²) in [5.74, 6) is 1.25. The van der Waals surface area contributed by atoms with E-state index in [1.807, 2.05) is 36.1 Å². The highest BCUT2D eigenvalue weighted by Gasteiger charge is 2.29. The second-order valence-corrected chi connectivity index (χ2v) is 8.26. The lowest BCUT2D eigenvalue weighted by Gasteiger charge is -2.33. The fourth-order valence-electron chi connectivity index (χ4n) is 4.19. The van der Waals surface area contributed by atoms with E-state index in [1.165, 1.54) is 6.33 Å². The van der Waals surface area contributed by atoms with Crippen LogP contribution in [0, 0.1) is 6.92 Å². The molecule has 8 heteroatoms. The molecule has 4 heterocycles. The maximum atomic E-state index is 13.4. The Bertz CT molecular complexity index is 1300. The number of carbonyl (C=O) groups is 1. The summed E-state index contributed by atoms with van der Waals surface area (Å²) in [5.41, 5.74) is 3.83. The van der Waals surface area contributed by atoms with E-state index in [2.05, 4.69) is 24.9 Å². The predicted molar refractivity (Wildman–Crippen MR) is 126 cm³/mol. The zero-order valence-corrected chi connectivity index (χ0v) is 18.8. The second-order valence-electron chi connectivity index (χ2n) is 8.26. The molecule has 0 radical (unpaired) electrons. The molecule has 1 saturated heterocycles. The van der Waals surface area contributed by atoms with Crippen molar-refractivity contribution in [1.82, 2.24) is 29.8 Å². The van der Waals surface area contributed by atoms with Crippen LogP contribution in [0.4, 0.5) is 0 Å². The third kappa shape index (κ3) is 4.61. The zero-order chi connectivity index (χ0) is 23.3. The number of pyridine rings is 1. The van der Waals surface area contributed by atoms with Crippen molar-refractivity contribution in [3.63, 3.8) is 0 Å². The molecule has 0 spiro atoms. The number of ether oxygens (including phenoxy) is 1. The number of benzene rings is 1. The number of rotatable bonds is 5. The molecule has 4 aromatic rings. The Kier molecular flexibility index (Phi) is 6.20. The average Bonchev–Trinajstić information content (AvgIpc) is 2.90. The number of para-hydroxylation sites is 1.